The average Bonchev–Trinajstić information content (AvgIpc) is 2.29. The first-order valence-corrected chi connectivity index (χ1v) is 6.61. The predicted octanol–water partition coefficient (Wildman–Crippen LogP) is 0.453. The molecule has 1 atom stereocenters. The summed E-state index contributed by atoms with van der Waals surface area (Å²) in [4.78, 5) is 28.7. The van der Waals surface area contributed by atoms with Gasteiger partial charge in [-0.3, -0.25) is 13.8 Å². The molecule has 1 unspecified atom stereocenters. The Morgan fingerprint density at radius 2 is 1.16 bits per heavy atom. The lowest BCUT2D eigenvalue weighted by Crippen LogP contribution is -2.11. The largest absolute Gasteiger partial charge is 0.469 e. The number of hydrogen-bond donors (Lipinski definition) is 1. The van der Waals surface area contributed by atoms with Gasteiger partial charge in [-0.25, -0.2) is 4.21 Å². The van der Waals surface area contributed by atoms with Crippen LogP contribution in [0.2, 0.25) is 0 Å². The van der Waals surface area contributed by atoms with Crippen molar-refractivity contribution in [1.82, 2.24) is 5.32 Å². The van der Waals surface area contributed by atoms with E-state index in [1.807, 2.05) is 0 Å². The van der Waals surface area contributed by atoms with Crippen LogP contribution in [0.15, 0.2) is 0 Å². The van der Waals surface area contributed by atoms with Gasteiger partial charge in [0.05, 0.1) is 14.2 Å². The molecule has 0 aliphatic carbocycles. The second-order valence-corrected chi connectivity index (χ2v) is 4.11. The molecular formula is C11H25NO6S. The average molecular weight is 299 g/mol. The summed E-state index contributed by atoms with van der Waals surface area (Å²) in [6.45, 7) is 5.89. The van der Waals surface area contributed by atoms with Gasteiger partial charge in [-0.05, 0) is 13.8 Å². The van der Waals surface area contributed by atoms with E-state index >= 15 is 0 Å². The van der Waals surface area contributed by atoms with Gasteiger partial charge < -0.3 is 14.8 Å². The highest BCUT2D eigenvalue weighted by Crippen LogP contribution is 1.65. The lowest BCUT2D eigenvalue weighted by molar-refractivity contribution is -0.138. The molecule has 1 amide bonds. The number of carbonyl (C=O) groups is 3. The van der Waals surface area contributed by atoms with E-state index in [0.29, 0.717) is 0 Å². The molecule has 0 fully saturated rings. The molecule has 7 nitrogen and oxygen atoms in total. The number of esters is 1. The standard InChI is InChI=1S/C3H7NO.C3H6O2.C3H6O.C2H6O2S/c1-3(5)4-2;1-3(4)5-2;1-3(2)4;1-4-5(2)3/h1-2H3,(H,4,5);1-2H3;1-2H3;1-2H3. The molecule has 116 valence electrons. The molecule has 0 rings (SSSR count). The van der Waals surface area contributed by atoms with Crippen LogP contribution in [0.4, 0.5) is 0 Å². The highest BCUT2D eigenvalue weighted by molar-refractivity contribution is 7.79. The number of nitrogens with one attached hydrogen (secondary N) is 1. The molecule has 0 heterocycles. The number of rotatable bonds is 1. The first-order chi connectivity index (χ1) is 8.54. The summed E-state index contributed by atoms with van der Waals surface area (Å²) < 4.78 is 18.0. The zero-order valence-corrected chi connectivity index (χ0v) is 13.7. The molecule has 0 aromatic carbocycles. The molecule has 19 heavy (non-hydrogen) atoms. The Balaban J connectivity index is -0.0000000793. The number of carbonyl (C=O) groups excluding carboxylic acids is 3. The zero-order valence-electron chi connectivity index (χ0n) is 12.9. The van der Waals surface area contributed by atoms with Crippen LogP contribution in [-0.2, 0) is 34.4 Å². The second-order valence-electron chi connectivity index (χ2n) is 2.98. The predicted molar refractivity (Wildman–Crippen MR) is 74.9 cm³/mol. The van der Waals surface area contributed by atoms with Crippen LogP contribution in [0.1, 0.15) is 27.7 Å². The maximum Gasteiger partial charge on any atom is 0.302 e. The van der Waals surface area contributed by atoms with E-state index in [1.165, 1.54) is 48.2 Å². The summed E-state index contributed by atoms with van der Waals surface area (Å²) in [5.74, 6) is -0.0741. The van der Waals surface area contributed by atoms with E-state index < -0.39 is 11.1 Å². The highest BCUT2D eigenvalue weighted by Gasteiger charge is 1.75. The number of hydrogen-bond acceptors (Lipinski definition) is 6. The van der Waals surface area contributed by atoms with Crippen molar-refractivity contribution in [3.05, 3.63) is 0 Å². The van der Waals surface area contributed by atoms with Crippen molar-refractivity contribution in [2.45, 2.75) is 27.7 Å². The van der Waals surface area contributed by atoms with Crippen LogP contribution in [0.5, 0.6) is 0 Å². The Hall–Kier alpha value is -1.28. The third kappa shape index (κ3) is 163. The number of amides is 1. The number of methoxy groups -OCH3 is 1. The highest BCUT2D eigenvalue weighted by atomic mass is 32.2. The van der Waals surface area contributed by atoms with Gasteiger partial charge in [-0.1, -0.05) is 0 Å². The van der Waals surface area contributed by atoms with Crippen molar-refractivity contribution in [1.29, 1.82) is 0 Å². The van der Waals surface area contributed by atoms with Crippen molar-refractivity contribution in [3.63, 3.8) is 0 Å². The normalized spacial score (nSPS) is 8.84. The van der Waals surface area contributed by atoms with Gasteiger partial charge in [0.1, 0.15) is 5.78 Å². The fourth-order valence-electron chi connectivity index (χ4n) is 0. The molecule has 0 aliphatic heterocycles. The molecule has 0 saturated heterocycles. The van der Waals surface area contributed by atoms with Crippen molar-refractivity contribution in [3.8, 4) is 0 Å². The zero-order chi connectivity index (χ0) is 16.4. The van der Waals surface area contributed by atoms with E-state index in [4.69, 9.17) is 0 Å². The Morgan fingerprint density at radius 3 is 1.16 bits per heavy atom. The summed E-state index contributed by atoms with van der Waals surface area (Å²) in [5.41, 5.74) is 0. The number of Topliss-reactive ketones (excluding diaryl/α,β-unsaturated/α-hetero) is 1. The minimum Gasteiger partial charge on any atom is -0.469 e. The van der Waals surface area contributed by atoms with Gasteiger partial charge in [-0.2, -0.15) is 0 Å². The molecule has 1 N–H and O–H groups in total. The maximum atomic E-state index is 9.70. The van der Waals surface area contributed by atoms with Crippen LogP contribution < -0.4 is 5.32 Å². The van der Waals surface area contributed by atoms with Gasteiger partial charge in [0.25, 0.3) is 0 Å². The smallest absolute Gasteiger partial charge is 0.302 e. The van der Waals surface area contributed by atoms with Crippen molar-refractivity contribution < 1.29 is 27.5 Å². The summed E-state index contributed by atoms with van der Waals surface area (Å²) in [6.07, 6.45) is 1.47. The Kier molecular flexibility index (Phi) is 30.4. The van der Waals surface area contributed by atoms with Crippen molar-refractivity contribution >= 4 is 28.7 Å². The fourth-order valence-corrected chi connectivity index (χ4v) is 0. The molecule has 8 heteroatoms. The van der Waals surface area contributed by atoms with Gasteiger partial charge in [0.15, 0.2) is 11.1 Å². The number of ether oxygens (including phenoxy) is 1. The van der Waals surface area contributed by atoms with E-state index in [-0.39, 0.29) is 17.7 Å². The lowest BCUT2D eigenvalue weighted by Gasteiger charge is -1.80. The Labute approximate surface area is 117 Å². The van der Waals surface area contributed by atoms with Crippen molar-refractivity contribution in [2.24, 2.45) is 0 Å². The van der Waals surface area contributed by atoms with E-state index in [1.54, 1.807) is 7.05 Å². The fraction of sp³-hybridized carbons (Fsp3) is 0.727. The summed E-state index contributed by atoms with van der Waals surface area (Å²) >= 11 is -1.07. The van der Waals surface area contributed by atoms with Crippen molar-refractivity contribution in [2.75, 3.05) is 27.5 Å². The third-order valence-electron chi connectivity index (χ3n) is 0.874. The quantitative estimate of drug-likeness (QED) is 0.706. The van der Waals surface area contributed by atoms with Gasteiger partial charge in [0.2, 0.25) is 5.91 Å². The molecule has 0 aromatic rings. The number of ketones is 1. The van der Waals surface area contributed by atoms with E-state index in [2.05, 4.69) is 14.2 Å². The van der Waals surface area contributed by atoms with Crippen LogP contribution in [0, 0.1) is 0 Å². The lowest BCUT2D eigenvalue weighted by atomic mass is 10.6. The maximum absolute atomic E-state index is 9.70. The van der Waals surface area contributed by atoms with Crippen LogP contribution in [-0.4, -0.2) is 49.4 Å². The molecule has 0 radical (unpaired) electrons. The Morgan fingerprint density at radius 1 is 1.00 bits per heavy atom. The third-order valence-corrected chi connectivity index (χ3v) is 1.34. The molecule has 0 aromatic heterocycles. The molecular weight excluding hydrogens is 274 g/mol. The van der Waals surface area contributed by atoms with Crippen LogP contribution >= 0.6 is 0 Å². The Bertz CT molecular complexity index is 231. The molecule has 0 bridgehead atoms. The SMILES string of the molecule is CC(C)=O.CNC(C)=O.COC(C)=O.COS(C)=O. The summed E-state index contributed by atoms with van der Waals surface area (Å²) in [7, 11) is 4.35. The summed E-state index contributed by atoms with van der Waals surface area (Å²) in [6, 6.07) is 0. The van der Waals surface area contributed by atoms with Gasteiger partial charge in [0, 0.05) is 27.2 Å². The monoisotopic (exact) mass is 299 g/mol. The molecule has 0 aliphatic rings. The first-order valence-electron chi connectivity index (χ1n) is 5.12. The van der Waals surface area contributed by atoms with Gasteiger partial charge >= 0.3 is 5.97 Å². The topological polar surface area (TPSA) is 98.8 Å². The van der Waals surface area contributed by atoms with Gasteiger partial charge in [-0.15, -0.1) is 0 Å². The summed E-state index contributed by atoms with van der Waals surface area (Å²) in [5, 5.41) is 2.39. The molecule has 0 spiro atoms. The first kappa shape index (κ1) is 26.3. The van der Waals surface area contributed by atoms with E-state index in [9.17, 15) is 18.6 Å². The minimum absolute atomic E-state index is 0.00463. The van der Waals surface area contributed by atoms with Crippen LogP contribution in [0.25, 0.3) is 0 Å². The minimum atomic E-state index is -1.07. The van der Waals surface area contributed by atoms with E-state index in [0.717, 1.165) is 0 Å². The molecule has 0 saturated carbocycles. The second kappa shape index (κ2) is 21.9. The van der Waals surface area contributed by atoms with Crippen LogP contribution in [0.3, 0.4) is 0 Å².